The van der Waals surface area contributed by atoms with Crippen molar-refractivity contribution in [3.05, 3.63) is 35.9 Å². The van der Waals surface area contributed by atoms with Crippen LogP contribution in [0.15, 0.2) is 29.7 Å². The van der Waals surface area contributed by atoms with E-state index in [0.717, 1.165) is 0 Å². The minimum absolute atomic E-state index is 0.589. The first kappa shape index (κ1) is 10.4. The van der Waals surface area contributed by atoms with Crippen molar-refractivity contribution >= 4 is 17.8 Å². The Morgan fingerprint density at radius 3 is 2.46 bits per heavy atom. The summed E-state index contributed by atoms with van der Waals surface area (Å²) in [7, 11) is 0. The molecular formula is C12H16S. The van der Waals surface area contributed by atoms with Crippen LogP contribution in [0.5, 0.6) is 0 Å². The summed E-state index contributed by atoms with van der Waals surface area (Å²) in [5.74, 6) is 0.589. The average molecular weight is 192 g/mol. The van der Waals surface area contributed by atoms with Crippen molar-refractivity contribution in [2.45, 2.75) is 24.7 Å². The highest BCUT2D eigenvalue weighted by atomic mass is 32.2. The molecule has 0 aliphatic heterocycles. The van der Waals surface area contributed by atoms with E-state index < -0.39 is 0 Å². The molecule has 13 heavy (non-hydrogen) atoms. The van der Waals surface area contributed by atoms with Gasteiger partial charge in [-0.25, -0.2) is 0 Å². The number of hydrogen-bond donors (Lipinski definition) is 0. The molecule has 0 radical (unpaired) electrons. The van der Waals surface area contributed by atoms with Gasteiger partial charge in [-0.1, -0.05) is 32.6 Å². The standard InChI is InChI=1S/C12H16S/c1-5-10-6-11(9(2)3)8-12(7-10)13-4/h5-9H,1H2,2-4H3. The van der Waals surface area contributed by atoms with Crippen molar-refractivity contribution < 1.29 is 0 Å². The summed E-state index contributed by atoms with van der Waals surface area (Å²) in [6.45, 7) is 8.23. The number of hydrogen-bond acceptors (Lipinski definition) is 1. The quantitative estimate of drug-likeness (QED) is 0.647. The topological polar surface area (TPSA) is 0 Å². The van der Waals surface area contributed by atoms with Gasteiger partial charge in [-0.15, -0.1) is 11.8 Å². The van der Waals surface area contributed by atoms with Gasteiger partial charge >= 0.3 is 0 Å². The van der Waals surface area contributed by atoms with Gasteiger partial charge in [0.15, 0.2) is 0 Å². The molecule has 0 aliphatic carbocycles. The van der Waals surface area contributed by atoms with E-state index in [-0.39, 0.29) is 0 Å². The second-order valence-corrected chi connectivity index (χ2v) is 4.28. The van der Waals surface area contributed by atoms with Crippen LogP contribution in [0.25, 0.3) is 6.08 Å². The first-order chi connectivity index (χ1) is 6.17. The molecule has 0 spiro atoms. The van der Waals surface area contributed by atoms with E-state index in [1.54, 1.807) is 11.8 Å². The highest BCUT2D eigenvalue weighted by molar-refractivity contribution is 7.98. The van der Waals surface area contributed by atoms with Gasteiger partial charge in [0.25, 0.3) is 0 Å². The molecular weight excluding hydrogens is 176 g/mol. The van der Waals surface area contributed by atoms with Gasteiger partial charge < -0.3 is 0 Å². The van der Waals surface area contributed by atoms with E-state index in [4.69, 9.17) is 0 Å². The third-order valence-electron chi connectivity index (χ3n) is 2.09. The minimum atomic E-state index is 0.589. The van der Waals surface area contributed by atoms with Crippen molar-refractivity contribution in [2.75, 3.05) is 6.26 Å². The van der Waals surface area contributed by atoms with Gasteiger partial charge in [0.2, 0.25) is 0 Å². The Balaban J connectivity index is 3.14. The van der Waals surface area contributed by atoms with Crippen molar-refractivity contribution in [1.29, 1.82) is 0 Å². The van der Waals surface area contributed by atoms with E-state index in [1.165, 1.54) is 16.0 Å². The summed E-state index contributed by atoms with van der Waals surface area (Å²) in [5, 5.41) is 0. The van der Waals surface area contributed by atoms with Gasteiger partial charge in [-0.2, -0.15) is 0 Å². The maximum absolute atomic E-state index is 3.80. The third kappa shape index (κ3) is 2.63. The zero-order chi connectivity index (χ0) is 9.84. The Kier molecular flexibility index (Phi) is 3.61. The Hall–Kier alpha value is -0.690. The summed E-state index contributed by atoms with van der Waals surface area (Å²) in [6, 6.07) is 6.63. The molecule has 0 unspecified atom stereocenters. The molecule has 1 aromatic carbocycles. The molecule has 0 saturated heterocycles. The number of benzene rings is 1. The zero-order valence-corrected chi connectivity index (χ0v) is 9.32. The molecule has 0 heterocycles. The molecule has 1 rings (SSSR count). The molecule has 0 fully saturated rings. The summed E-state index contributed by atoms with van der Waals surface area (Å²) < 4.78 is 0. The lowest BCUT2D eigenvalue weighted by Gasteiger charge is -2.08. The second kappa shape index (κ2) is 4.52. The summed E-state index contributed by atoms with van der Waals surface area (Å²) in [4.78, 5) is 1.32. The van der Waals surface area contributed by atoms with Gasteiger partial charge in [-0.05, 0) is 35.4 Å². The minimum Gasteiger partial charge on any atom is -0.130 e. The smallest absolute Gasteiger partial charge is 0.00779 e. The van der Waals surface area contributed by atoms with Gasteiger partial charge in [0.1, 0.15) is 0 Å². The fourth-order valence-electron chi connectivity index (χ4n) is 1.22. The largest absolute Gasteiger partial charge is 0.130 e. The summed E-state index contributed by atoms with van der Waals surface area (Å²) in [6.07, 6.45) is 4.01. The molecule has 0 saturated carbocycles. The Labute approximate surface area is 85.1 Å². The number of rotatable bonds is 3. The predicted octanol–water partition coefficient (Wildman–Crippen LogP) is 4.17. The summed E-state index contributed by atoms with van der Waals surface area (Å²) in [5.41, 5.74) is 2.61. The zero-order valence-electron chi connectivity index (χ0n) is 8.50. The number of thioether (sulfide) groups is 1. The first-order valence-corrected chi connectivity index (χ1v) is 5.71. The predicted molar refractivity (Wildman–Crippen MR) is 62.4 cm³/mol. The lowest BCUT2D eigenvalue weighted by atomic mass is 10.0. The van der Waals surface area contributed by atoms with E-state index in [1.807, 2.05) is 6.08 Å². The lowest BCUT2D eigenvalue weighted by molar-refractivity contribution is 0.862. The molecule has 0 nitrogen and oxygen atoms in total. The van der Waals surface area contributed by atoms with Crippen LogP contribution in [-0.4, -0.2) is 6.26 Å². The van der Waals surface area contributed by atoms with Crippen LogP contribution in [0.1, 0.15) is 30.9 Å². The first-order valence-electron chi connectivity index (χ1n) is 4.48. The monoisotopic (exact) mass is 192 g/mol. The van der Waals surface area contributed by atoms with Crippen LogP contribution in [0, 0.1) is 0 Å². The van der Waals surface area contributed by atoms with Crippen LogP contribution in [0.4, 0.5) is 0 Å². The third-order valence-corrected chi connectivity index (χ3v) is 2.80. The van der Waals surface area contributed by atoms with E-state index in [9.17, 15) is 0 Å². The lowest BCUT2D eigenvalue weighted by Crippen LogP contribution is -1.88. The van der Waals surface area contributed by atoms with Crippen molar-refractivity contribution in [3.8, 4) is 0 Å². The van der Waals surface area contributed by atoms with Crippen LogP contribution in [-0.2, 0) is 0 Å². The molecule has 0 amide bonds. The van der Waals surface area contributed by atoms with E-state index in [2.05, 4.69) is 44.9 Å². The van der Waals surface area contributed by atoms with Crippen LogP contribution >= 0.6 is 11.8 Å². The van der Waals surface area contributed by atoms with E-state index in [0.29, 0.717) is 5.92 Å². The van der Waals surface area contributed by atoms with Gasteiger partial charge in [-0.3, -0.25) is 0 Å². The summed E-state index contributed by atoms with van der Waals surface area (Å²) >= 11 is 1.78. The highest BCUT2D eigenvalue weighted by Crippen LogP contribution is 2.24. The van der Waals surface area contributed by atoms with Crippen molar-refractivity contribution in [1.82, 2.24) is 0 Å². The Morgan fingerprint density at radius 2 is 2.00 bits per heavy atom. The highest BCUT2D eigenvalue weighted by Gasteiger charge is 2.01. The second-order valence-electron chi connectivity index (χ2n) is 3.40. The Morgan fingerprint density at radius 1 is 1.31 bits per heavy atom. The molecule has 0 aromatic heterocycles. The fourth-order valence-corrected chi connectivity index (χ4v) is 1.72. The van der Waals surface area contributed by atoms with Crippen molar-refractivity contribution in [3.63, 3.8) is 0 Å². The maximum Gasteiger partial charge on any atom is 0.00779 e. The molecule has 0 bridgehead atoms. The Bertz CT molecular complexity index is 300. The normalized spacial score (nSPS) is 10.5. The molecule has 0 aliphatic rings. The molecule has 70 valence electrons. The van der Waals surface area contributed by atoms with Gasteiger partial charge in [0.05, 0.1) is 0 Å². The molecule has 0 N–H and O–H groups in total. The maximum atomic E-state index is 3.80. The molecule has 1 heteroatoms. The van der Waals surface area contributed by atoms with Crippen LogP contribution < -0.4 is 0 Å². The van der Waals surface area contributed by atoms with Crippen molar-refractivity contribution in [2.24, 2.45) is 0 Å². The van der Waals surface area contributed by atoms with Crippen LogP contribution in [0.2, 0.25) is 0 Å². The van der Waals surface area contributed by atoms with Crippen LogP contribution in [0.3, 0.4) is 0 Å². The SMILES string of the molecule is C=Cc1cc(SC)cc(C(C)C)c1. The van der Waals surface area contributed by atoms with E-state index >= 15 is 0 Å². The fraction of sp³-hybridized carbons (Fsp3) is 0.333. The molecule has 0 atom stereocenters. The molecule has 1 aromatic rings. The van der Waals surface area contributed by atoms with Gasteiger partial charge in [0, 0.05) is 4.90 Å². The average Bonchev–Trinajstić information content (AvgIpc) is 2.16.